The van der Waals surface area contributed by atoms with Crippen LogP contribution in [0.4, 0.5) is 0 Å². The van der Waals surface area contributed by atoms with Gasteiger partial charge in [0.05, 0.1) is 10.5 Å². The molecule has 5 heteroatoms. The molecule has 0 aliphatic carbocycles. The summed E-state index contributed by atoms with van der Waals surface area (Å²) in [7, 11) is -3.05. The molecule has 0 aromatic carbocycles. The maximum absolute atomic E-state index is 12.4. The Labute approximate surface area is 131 Å². The molecule has 0 bridgehead atoms. The zero-order chi connectivity index (χ0) is 16.5. The van der Waals surface area contributed by atoms with E-state index in [1.165, 1.54) is 0 Å². The van der Waals surface area contributed by atoms with Crippen LogP contribution in [0.5, 0.6) is 0 Å². The van der Waals surface area contributed by atoms with Gasteiger partial charge >= 0.3 is 0 Å². The van der Waals surface area contributed by atoms with E-state index in [4.69, 9.17) is 0 Å². The molecule has 1 rings (SSSR count). The molecule has 1 heterocycles. The van der Waals surface area contributed by atoms with Gasteiger partial charge in [-0.3, -0.25) is 4.90 Å². The summed E-state index contributed by atoms with van der Waals surface area (Å²) in [6, 6.07) is 0.429. The first-order valence-corrected chi connectivity index (χ1v) is 9.76. The minimum Gasteiger partial charge on any atom is -0.309 e. The molecule has 0 amide bonds. The van der Waals surface area contributed by atoms with Gasteiger partial charge in [0.2, 0.25) is 0 Å². The summed E-state index contributed by atoms with van der Waals surface area (Å²) >= 11 is 0. The normalized spacial score (nSPS) is 25.8. The van der Waals surface area contributed by atoms with Gasteiger partial charge < -0.3 is 5.32 Å². The molecule has 1 aliphatic heterocycles. The average molecular weight is 319 g/mol. The fourth-order valence-corrected chi connectivity index (χ4v) is 3.90. The molecule has 0 aromatic heterocycles. The Hall–Kier alpha value is -0.130. The second kappa shape index (κ2) is 6.55. The monoisotopic (exact) mass is 318 g/mol. The molecule has 2 atom stereocenters. The van der Waals surface area contributed by atoms with Crippen LogP contribution in [0.25, 0.3) is 0 Å². The van der Waals surface area contributed by atoms with Crippen molar-refractivity contribution >= 4 is 9.84 Å². The number of rotatable bonds is 5. The predicted octanol–water partition coefficient (Wildman–Crippen LogP) is 2.30. The molecule has 0 aromatic rings. The van der Waals surface area contributed by atoms with Crippen molar-refractivity contribution in [1.82, 2.24) is 10.2 Å². The van der Waals surface area contributed by atoms with Crippen molar-refractivity contribution in [2.45, 2.75) is 71.2 Å². The van der Waals surface area contributed by atoms with Crippen LogP contribution in [-0.2, 0) is 9.84 Å². The maximum atomic E-state index is 12.4. The second-order valence-electron chi connectivity index (χ2n) is 8.12. The highest BCUT2D eigenvalue weighted by Crippen LogP contribution is 2.23. The lowest BCUT2D eigenvalue weighted by atomic mass is 9.91. The fraction of sp³-hybridized carbons (Fsp3) is 1.00. The largest absolute Gasteiger partial charge is 0.309 e. The van der Waals surface area contributed by atoms with Gasteiger partial charge in [-0.15, -0.1) is 0 Å². The summed E-state index contributed by atoms with van der Waals surface area (Å²) in [5, 5.41) is 3.59. The van der Waals surface area contributed by atoms with Gasteiger partial charge in [0, 0.05) is 31.2 Å². The van der Waals surface area contributed by atoms with Crippen molar-refractivity contribution < 1.29 is 8.42 Å². The minimum atomic E-state index is -3.05. The van der Waals surface area contributed by atoms with Crippen LogP contribution in [-0.4, -0.2) is 55.0 Å². The van der Waals surface area contributed by atoms with Crippen molar-refractivity contribution in [2.75, 3.05) is 25.4 Å². The predicted molar refractivity (Wildman–Crippen MR) is 90.4 cm³/mol. The van der Waals surface area contributed by atoms with E-state index in [0.29, 0.717) is 18.5 Å². The molecular formula is C16H34N2O2S. The Morgan fingerprint density at radius 1 is 1.33 bits per heavy atom. The topological polar surface area (TPSA) is 49.4 Å². The number of nitrogens with one attached hydrogen (secondary N) is 1. The highest BCUT2D eigenvalue weighted by Gasteiger charge is 2.36. The van der Waals surface area contributed by atoms with E-state index >= 15 is 0 Å². The van der Waals surface area contributed by atoms with Crippen molar-refractivity contribution in [3.05, 3.63) is 0 Å². The van der Waals surface area contributed by atoms with Crippen molar-refractivity contribution in [2.24, 2.45) is 5.92 Å². The molecular weight excluding hydrogens is 284 g/mol. The molecule has 0 spiro atoms. The Bertz CT molecular complexity index is 438. The van der Waals surface area contributed by atoms with Crippen LogP contribution in [0.3, 0.4) is 0 Å². The molecule has 0 saturated carbocycles. The second-order valence-corrected chi connectivity index (χ2v) is 11.0. The van der Waals surface area contributed by atoms with E-state index < -0.39 is 14.6 Å². The van der Waals surface area contributed by atoms with Crippen LogP contribution >= 0.6 is 0 Å². The van der Waals surface area contributed by atoms with E-state index in [2.05, 4.69) is 37.9 Å². The van der Waals surface area contributed by atoms with Gasteiger partial charge in [-0.05, 0) is 40.5 Å². The summed E-state index contributed by atoms with van der Waals surface area (Å²) in [5.74, 6) is 0.824. The van der Waals surface area contributed by atoms with Crippen LogP contribution in [0.1, 0.15) is 54.9 Å². The van der Waals surface area contributed by atoms with Crippen LogP contribution in [0.2, 0.25) is 0 Å². The standard InChI is InChI=1S/C16H34N2O2S/c1-8-13(2)14-11-17-16(6,7)12-18(14)9-10-21(19,20)15(3,4)5/h13-14,17H,8-12H2,1-7H3. The van der Waals surface area contributed by atoms with Gasteiger partial charge in [-0.25, -0.2) is 8.42 Å². The van der Waals surface area contributed by atoms with Crippen LogP contribution in [0.15, 0.2) is 0 Å². The zero-order valence-electron chi connectivity index (χ0n) is 14.9. The molecule has 1 aliphatic rings. The van der Waals surface area contributed by atoms with Gasteiger partial charge in [0.25, 0.3) is 0 Å². The number of nitrogens with zero attached hydrogens (tertiary/aromatic N) is 1. The Kier molecular flexibility index (Phi) is 5.90. The lowest BCUT2D eigenvalue weighted by Crippen LogP contribution is -2.63. The highest BCUT2D eigenvalue weighted by atomic mass is 32.2. The SMILES string of the molecule is CCC(C)C1CNC(C)(C)CN1CCS(=O)(=O)C(C)(C)C. The summed E-state index contributed by atoms with van der Waals surface area (Å²) in [6.45, 7) is 16.7. The summed E-state index contributed by atoms with van der Waals surface area (Å²) in [6.07, 6.45) is 1.12. The quantitative estimate of drug-likeness (QED) is 0.845. The van der Waals surface area contributed by atoms with E-state index in [-0.39, 0.29) is 11.3 Å². The lowest BCUT2D eigenvalue weighted by Gasteiger charge is -2.47. The van der Waals surface area contributed by atoms with E-state index in [0.717, 1.165) is 19.5 Å². The Balaban J connectivity index is 2.80. The maximum Gasteiger partial charge on any atom is 0.156 e. The number of sulfone groups is 1. The first-order chi connectivity index (χ1) is 9.39. The Morgan fingerprint density at radius 3 is 2.38 bits per heavy atom. The number of piperazine rings is 1. The molecule has 1 fully saturated rings. The lowest BCUT2D eigenvalue weighted by molar-refractivity contribution is 0.0692. The minimum absolute atomic E-state index is 0.0510. The first-order valence-electron chi connectivity index (χ1n) is 8.11. The molecule has 21 heavy (non-hydrogen) atoms. The van der Waals surface area contributed by atoms with Gasteiger partial charge in [-0.2, -0.15) is 0 Å². The zero-order valence-corrected chi connectivity index (χ0v) is 15.7. The fourth-order valence-electron chi connectivity index (χ4n) is 2.81. The molecule has 4 nitrogen and oxygen atoms in total. The van der Waals surface area contributed by atoms with Crippen molar-refractivity contribution in [3.8, 4) is 0 Å². The smallest absolute Gasteiger partial charge is 0.156 e. The van der Waals surface area contributed by atoms with Crippen molar-refractivity contribution in [3.63, 3.8) is 0 Å². The van der Waals surface area contributed by atoms with Gasteiger partial charge in [0.15, 0.2) is 9.84 Å². The molecule has 2 unspecified atom stereocenters. The molecule has 1 N–H and O–H groups in total. The molecule has 0 radical (unpaired) electrons. The average Bonchev–Trinajstić information content (AvgIpc) is 2.33. The molecule has 1 saturated heterocycles. The van der Waals surface area contributed by atoms with Crippen LogP contribution < -0.4 is 5.32 Å². The van der Waals surface area contributed by atoms with E-state index in [9.17, 15) is 8.42 Å². The number of hydrogen-bond acceptors (Lipinski definition) is 4. The number of hydrogen-bond donors (Lipinski definition) is 1. The summed E-state index contributed by atoms with van der Waals surface area (Å²) in [5.41, 5.74) is 0.0510. The van der Waals surface area contributed by atoms with E-state index in [1.807, 2.05) is 0 Å². The van der Waals surface area contributed by atoms with Crippen LogP contribution in [0, 0.1) is 5.92 Å². The summed E-state index contributed by atoms with van der Waals surface area (Å²) < 4.78 is 24.1. The third kappa shape index (κ3) is 4.93. The van der Waals surface area contributed by atoms with Gasteiger partial charge in [-0.1, -0.05) is 20.3 Å². The Morgan fingerprint density at radius 2 is 1.90 bits per heavy atom. The third-order valence-electron chi connectivity index (χ3n) is 4.74. The molecule has 126 valence electrons. The summed E-state index contributed by atoms with van der Waals surface area (Å²) in [4.78, 5) is 2.38. The van der Waals surface area contributed by atoms with Gasteiger partial charge in [0.1, 0.15) is 0 Å². The van der Waals surface area contributed by atoms with Crippen molar-refractivity contribution in [1.29, 1.82) is 0 Å². The first kappa shape index (κ1) is 18.9. The highest BCUT2D eigenvalue weighted by molar-refractivity contribution is 7.92. The van der Waals surface area contributed by atoms with E-state index in [1.54, 1.807) is 20.8 Å². The third-order valence-corrected chi connectivity index (χ3v) is 7.32.